The van der Waals surface area contributed by atoms with Gasteiger partial charge in [0.15, 0.2) is 0 Å². The lowest BCUT2D eigenvalue weighted by Crippen LogP contribution is -2.11. The first-order valence-corrected chi connectivity index (χ1v) is 6.81. The molecule has 0 heterocycles. The van der Waals surface area contributed by atoms with Crippen LogP contribution in [-0.2, 0) is 6.61 Å². The van der Waals surface area contributed by atoms with Crippen molar-refractivity contribution >= 4 is 0 Å². The van der Waals surface area contributed by atoms with E-state index in [4.69, 9.17) is 15.7 Å². The van der Waals surface area contributed by atoms with Crippen LogP contribution < -0.4 is 10.5 Å². The summed E-state index contributed by atoms with van der Waals surface area (Å²) in [5, 5.41) is 9.04. The molecule has 1 atom stereocenters. The third-order valence-corrected chi connectivity index (χ3v) is 3.33. The zero-order valence-corrected chi connectivity index (χ0v) is 11.8. The second kappa shape index (κ2) is 6.87. The number of halogens is 1. The lowest BCUT2D eigenvalue weighted by molar-refractivity contribution is 0.300. The van der Waals surface area contributed by atoms with Crippen molar-refractivity contribution in [2.75, 3.05) is 0 Å². The molecule has 21 heavy (non-hydrogen) atoms. The average molecular weight is 284 g/mol. The van der Waals surface area contributed by atoms with E-state index in [-0.39, 0.29) is 18.5 Å². The quantitative estimate of drug-likeness (QED) is 0.911. The van der Waals surface area contributed by atoms with E-state index in [9.17, 15) is 4.39 Å². The minimum atomic E-state index is -0.383. The molecule has 0 aliphatic heterocycles. The highest BCUT2D eigenvalue weighted by Crippen LogP contribution is 2.26. The fraction of sp³-hybridized carbons (Fsp3) is 0.235. The van der Waals surface area contributed by atoms with E-state index in [0.29, 0.717) is 16.9 Å². The summed E-state index contributed by atoms with van der Waals surface area (Å²) in [5.74, 6) is 0.283. The van der Waals surface area contributed by atoms with Crippen molar-refractivity contribution < 1.29 is 9.13 Å². The lowest BCUT2D eigenvalue weighted by Gasteiger charge is -2.16. The minimum absolute atomic E-state index is 0.107. The van der Waals surface area contributed by atoms with E-state index in [0.717, 1.165) is 12.0 Å². The van der Waals surface area contributed by atoms with Crippen molar-refractivity contribution in [1.29, 1.82) is 5.26 Å². The van der Waals surface area contributed by atoms with Crippen molar-refractivity contribution in [3.05, 3.63) is 65.0 Å². The minimum Gasteiger partial charge on any atom is -0.489 e. The van der Waals surface area contributed by atoms with Gasteiger partial charge in [-0.05, 0) is 30.7 Å². The van der Waals surface area contributed by atoms with E-state index in [1.54, 1.807) is 0 Å². The van der Waals surface area contributed by atoms with Crippen LogP contribution in [0.3, 0.4) is 0 Å². The number of nitrogens with two attached hydrogens (primary N) is 1. The van der Waals surface area contributed by atoms with Crippen molar-refractivity contribution in [1.82, 2.24) is 0 Å². The Kier molecular flexibility index (Phi) is 4.91. The molecule has 0 aliphatic carbocycles. The van der Waals surface area contributed by atoms with Crippen LogP contribution in [0.4, 0.5) is 4.39 Å². The largest absolute Gasteiger partial charge is 0.489 e. The maximum Gasteiger partial charge on any atom is 0.124 e. The predicted octanol–water partition coefficient (Wildman–Crippen LogP) is 3.69. The monoisotopic (exact) mass is 284 g/mol. The highest BCUT2D eigenvalue weighted by molar-refractivity contribution is 5.39. The summed E-state index contributed by atoms with van der Waals surface area (Å²) in [5.41, 5.74) is 7.90. The number of ether oxygens (including phenoxy) is 1. The summed E-state index contributed by atoms with van der Waals surface area (Å²) in [6, 6.07) is 13.5. The molecule has 108 valence electrons. The van der Waals surface area contributed by atoms with Gasteiger partial charge in [0.25, 0.3) is 0 Å². The molecule has 2 N–H and O–H groups in total. The van der Waals surface area contributed by atoms with Gasteiger partial charge in [-0.25, -0.2) is 4.39 Å². The molecule has 0 unspecified atom stereocenters. The highest BCUT2D eigenvalue weighted by atomic mass is 19.1. The van der Waals surface area contributed by atoms with Crippen LogP contribution in [0.25, 0.3) is 0 Å². The Morgan fingerprint density at radius 1 is 1.29 bits per heavy atom. The predicted molar refractivity (Wildman–Crippen MR) is 79.1 cm³/mol. The van der Waals surface area contributed by atoms with Gasteiger partial charge in [0.2, 0.25) is 0 Å². The average Bonchev–Trinajstić information content (AvgIpc) is 2.52. The Morgan fingerprint density at radius 2 is 2.05 bits per heavy atom. The van der Waals surface area contributed by atoms with Crippen LogP contribution in [-0.4, -0.2) is 0 Å². The number of hydrogen-bond acceptors (Lipinski definition) is 3. The molecule has 4 heteroatoms. The summed E-state index contributed by atoms with van der Waals surface area (Å²) >= 11 is 0. The third kappa shape index (κ3) is 3.59. The van der Waals surface area contributed by atoms with Gasteiger partial charge in [0.1, 0.15) is 18.2 Å². The molecule has 0 aliphatic rings. The topological polar surface area (TPSA) is 59.0 Å². The maximum absolute atomic E-state index is 13.3. The fourth-order valence-corrected chi connectivity index (χ4v) is 2.08. The molecule has 0 aromatic heterocycles. The van der Waals surface area contributed by atoms with Crippen LogP contribution in [0.2, 0.25) is 0 Å². The molecule has 0 saturated heterocycles. The summed E-state index contributed by atoms with van der Waals surface area (Å²) < 4.78 is 19.0. The molecule has 0 spiro atoms. The van der Waals surface area contributed by atoms with Gasteiger partial charge in [0, 0.05) is 17.2 Å². The molecule has 2 rings (SSSR count). The first-order chi connectivity index (χ1) is 10.2. The SMILES string of the molecule is CC[C@H](N)c1ccccc1OCc1cc(F)ccc1C#N. The number of benzene rings is 2. The van der Waals surface area contributed by atoms with Crippen LogP contribution in [0.1, 0.15) is 36.1 Å². The molecule has 2 aromatic rings. The first-order valence-electron chi connectivity index (χ1n) is 6.81. The van der Waals surface area contributed by atoms with Crippen molar-refractivity contribution in [3.63, 3.8) is 0 Å². The summed E-state index contributed by atoms with van der Waals surface area (Å²) in [7, 11) is 0. The van der Waals surface area contributed by atoms with E-state index in [2.05, 4.69) is 0 Å². The number of nitriles is 1. The number of para-hydroxylation sites is 1. The lowest BCUT2D eigenvalue weighted by atomic mass is 10.0. The van der Waals surface area contributed by atoms with E-state index in [1.165, 1.54) is 18.2 Å². The van der Waals surface area contributed by atoms with Crippen molar-refractivity contribution in [2.45, 2.75) is 26.0 Å². The fourth-order valence-electron chi connectivity index (χ4n) is 2.08. The zero-order valence-electron chi connectivity index (χ0n) is 11.8. The summed E-state index contributed by atoms with van der Waals surface area (Å²) in [4.78, 5) is 0. The van der Waals surface area contributed by atoms with Crippen molar-refractivity contribution in [2.24, 2.45) is 5.73 Å². The normalized spacial score (nSPS) is 11.7. The van der Waals surface area contributed by atoms with Gasteiger partial charge in [-0.15, -0.1) is 0 Å². The molecule has 0 fully saturated rings. The highest BCUT2D eigenvalue weighted by Gasteiger charge is 2.11. The van der Waals surface area contributed by atoms with Crippen molar-refractivity contribution in [3.8, 4) is 11.8 Å². The van der Waals surface area contributed by atoms with Crippen LogP contribution in [0, 0.1) is 17.1 Å². The Morgan fingerprint density at radius 3 is 2.76 bits per heavy atom. The smallest absolute Gasteiger partial charge is 0.124 e. The molecule has 0 bridgehead atoms. The second-order valence-electron chi connectivity index (χ2n) is 4.75. The molecule has 0 amide bonds. The molecule has 2 aromatic carbocycles. The summed E-state index contributed by atoms with van der Waals surface area (Å²) in [6.07, 6.45) is 0.795. The molecular weight excluding hydrogens is 267 g/mol. The van der Waals surface area contributed by atoms with Gasteiger partial charge in [-0.2, -0.15) is 5.26 Å². The Hall–Kier alpha value is -2.38. The molecule has 0 saturated carbocycles. The third-order valence-electron chi connectivity index (χ3n) is 3.33. The number of hydrogen-bond donors (Lipinski definition) is 1. The van der Waals surface area contributed by atoms with E-state index in [1.807, 2.05) is 37.3 Å². The Bertz CT molecular complexity index is 664. The van der Waals surface area contributed by atoms with E-state index < -0.39 is 0 Å². The second-order valence-corrected chi connectivity index (χ2v) is 4.75. The zero-order chi connectivity index (χ0) is 15.2. The number of nitrogens with zero attached hydrogens (tertiary/aromatic N) is 1. The Balaban J connectivity index is 2.21. The Labute approximate surface area is 123 Å². The van der Waals surface area contributed by atoms with Crippen LogP contribution >= 0.6 is 0 Å². The van der Waals surface area contributed by atoms with Crippen LogP contribution in [0.15, 0.2) is 42.5 Å². The molecule has 3 nitrogen and oxygen atoms in total. The van der Waals surface area contributed by atoms with Gasteiger partial charge < -0.3 is 10.5 Å². The number of rotatable bonds is 5. The van der Waals surface area contributed by atoms with Gasteiger partial charge >= 0.3 is 0 Å². The van der Waals surface area contributed by atoms with E-state index >= 15 is 0 Å². The molecule has 0 radical (unpaired) electrons. The van der Waals surface area contributed by atoms with Gasteiger partial charge in [-0.3, -0.25) is 0 Å². The maximum atomic E-state index is 13.3. The molecular formula is C17H17FN2O. The summed E-state index contributed by atoms with van der Waals surface area (Å²) in [6.45, 7) is 2.13. The standard InChI is InChI=1S/C17H17FN2O/c1-2-16(20)15-5-3-4-6-17(15)21-11-13-9-14(18)8-7-12(13)10-19/h3-9,16H,2,11,20H2,1H3/t16-/m0/s1. The van der Waals surface area contributed by atoms with Gasteiger partial charge in [-0.1, -0.05) is 25.1 Å². The van der Waals surface area contributed by atoms with Crippen LogP contribution in [0.5, 0.6) is 5.75 Å². The van der Waals surface area contributed by atoms with Gasteiger partial charge in [0.05, 0.1) is 11.6 Å². The first kappa shape index (κ1) is 15.0.